The Morgan fingerprint density at radius 2 is 1.43 bits per heavy atom. The van der Waals surface area contributed by atoms with Gasteiger partial charge in [-0.2, -0.15) is 0 Å². The lowest BCUT2D eigenvalue weighted by atomic mass is 9.72. The van der Waals surface area contributed by atoms with Gasteiger partial charge in [0, 0.05) is 18.0 Å². The van der Waals surface area contributed by atoms with Gasteiger partial charge in [-0.05, 0) is 34.7 Å². The third-order valence-electron chi connectivity index (χ3n) is 4.27. The zero-order valence-corrected chi connectivity index (χ0v) is 11.5. The van der Waals surface area contributed by atoms with Crippen LogP contribution in [0.3, 0.4) is 0 Å². The lowest BCUT2D eigenvalue weighted by Crippen LogP contribution is -2.34. The molecule has 0 radical (unpaired) electrons. The highest BCUT2D eigenvalue weighted by molar-refractivity contribution is 5.56. The van der Waals surface area contributed by atoms with Crippen molar-refractivity contribution >= 4 is 0 Å². The standard InChI is InChI=1S/C19H15NO/c21-19(16-8-5-11-20-13-16)17-9-3-1-6-14(17)12-15-7-2-4-10-18(15)19/h1-11,13,21H,12H2. The van der Waals surface area contributed by atoms with Crippen LogP contribution in [0.15, 0.2) is 73.1 Å². The van der Waals surface area contributed by atoms with Gasteiger partial charge in [-0.25, -0.2) is 0 Å². The Morgan fingerprint density at radius 3 is 2.00 bits per heavy atom. The van der Waals surface area contributed by atoms with E-state index in [1.54, 1.807) is 12.4 Å². The molecule has 3 aromatic rings. The molecule has 102 valence electrons. The van der Waals surface area contributed by atoms with Crippen LogP contribution in [-0.4, -0.2) is 10.1 Å². The van der Waals surface area contributed by atoms with Crippen LogP contribution < -0.4 is 0 Å². The minimum absolute atomic E-state index is 0.810. The Kier molecular flexibility index (Phi) is 2.66. The van der Waals surface area contributed by atoms with Crippen LogP contribution in [0.5, 0.6) is 0 Å². The highest BCUT2D eigenvalue weighted by atomic mass is 16.3. The molecule has 0 atom stereocenters. The number of rotatable bonds is 1. The molecule has 4 rings (SSSR count). The number of fused-ring (bicyclic) bond motifs is 2. The summed E-state index contributed by atoms with van der Waals surface area (Å²) in [6, 6.07) is 20.0. The number of aliphatic hydroxyl groups is 1. The van der Waals surface area contributed by atoms with Gasteiger partial charge in [-0.3, -0.25) is 4.98 Å². The quantitative estimate of drug-likeness (QED) is 0.738. The molecule has 0 saturated carbocycles. The summed E-state index contributed by atoms with van der Waals surface area (Å²) in [4.78, 5) is 4.19. The van der Waals surface area contributed by atoms with Crippen molar-refractivity contribution in [3.05, 3.63) is 101 Å². The molecule has 2 heteroatoms. The van der Waals surface area contributed by atoms with Crippen LogP contribution >= 0.6 is 0 Å². The average molecular weight is 273 g/mol. The SMILES string of the molecule is OC1(c2cccnc2)c2ccccc2Cc2ccccc21. The molecule has 0 fully saturated rings. The van der Waals surface area contributed by atoms with E-state index in [-0.39, 0.29) is 0 Å². The van der Waals surface area contributed by atoms with E-state index in [9.17, 15) is 5.11 Å². The fourth-order valence-electron chi connectivity index (χ4n) is 3.29. The zero-order chi connectivity index (χ0) is 14.3. The third-order valence-corrected chi connectivity index (χ3v) is 4.27. The topological polar surface area (TPSA) is 33.1 Å². The average Bonchev–Trinajstić information content (AvgIpc) is 2.56. The summed E-state index contributed by atoms with van der Waals surface area (Å²) < 4.78 is 0. The van der Waals surface area contributed by atoms with Crippen LogP contribution in [-0.2, 0) is 12.0 Å². The molecule has 1 aliphatic carbocycles. The highest BCUT2D eigenvalue weighted by Gasteiger charge is 2.40. The Labute approximate surface area is 123 Å². The normalized spacial score (nSPS) is 15.1. The van der Waals surface area contributed by atoms with Crippen molar-refractivity contribution in [2.75, 3.05) is 0 Å². The first kappa shape index (κ1) is 12.3. The smallest absolute Gasteiger partial charge is 0.142 e. The maximum atomic E-state index is 11.6. The first-order chi connectivity index (χ1) is 10.3. The van der Waals surface area contributed by atoms with E-state index < -0.39 is 5.60 Å². The van der Waals surface area contributed by atoms with Crippen molar-refractivity contribution in [2.45, 2.75) is 12.0 Å². The molecule has 0 aliphatic heterocycles. The summed E-state index contributed by atoms with van der Waals surface area (Å²) in [5.74, 6) is 0. The maximum absolute atomic E-state index is 11.6. The van der Waals surface area contributed by atoms with E-state index >= 15 is 0 Å². The first-order valence-corrected chi connectivity index (χ1v) is 7.10. The van der Waals surface area contributed by atoms with E-state index in [4.69, 9.17) is 0 Å². The second kappa shape index (κ2) is 4.54. The van der Waals surface area contributed by atoms with Gasteiger partial charge in [-0.1, -0.05) is 54.6 Å². The van der Waals surface area contributed by atoms with E-state index in [0.29, 0.717) is 0 Å². The first-order valence-electron chi connectivity index (χ1n) is 7.10. The number of nitrogens with zero attached hydrogens (tertiary/aromatic N) is 1. The van der Waals surface area contributed by atoms with Gasteiger partial charge in [-0.15, -0.1) is 0 Å². The van der Waals surface area contributed by atoms with Gasteiger partial charge < -0.3 is 5.11 Å². The van der Waals surface area contributed by atoms with E-state index in [0.717, 1.165) is 23.1 Å². The molecule has 1 heterocycles. The molecule has 0 bridgehead atoms. The van der Waals surface area contributed by atoms with Crippen LogP contribution in [0.1, 0.15) is 27.8 Å². The van der Waals surface area contributed by atoms with Gasteiger partial charge in [0.2, 0.25) is 0 Å². The van der Waals surface area contributed by atoms with Gasteiger partial charge in [0.15, 0.2) is 0 Å². The minimum atomic E-state index is -1.13. The van der Waals surface area contributed by atoms with Gasteiger partial charge in [0.05, 0.1) is 0 Å². The van der Waals surface area contributed by atoms with Crippen molar-refractivity contribution in [1.29, 1.82) is 0 Å². The molecule has 0 spiro atoms. The zero-order valence-electron chi connectivity index (χ0n) is 11.5. The lowest BCUT2D eigenvalue weighted by molar-refractivity contribution is 0.121. The summed E-state index contributed by atoms with van der Waals surface area (Å²) in [5.41, 5.74) is 3.93. The second-order valence-electron chi connectivity index (χ2n) is 5.44. The number of hydrogen-bond donors (Lipinski definition) is 1. The van der Waals surface area contributed by atoms with Crippen LogP contribution in [0, 0.1) is 0 Å². The fourth-order valence-corrected chi connectivity index (χ4v) is 3.29. The summed E-state index contributed by atoms with van der Waals surface area (Å²) in [6.45, 7) is 0. The van der Waals surface area contributed by atoms with Crippen LogP contribution in [0.2, 0.25) is 0 Å². The molecular weight excluding hydrogens is 258 g/mol. The second-order valence-corrected chi connectivity index (χ2v) is 5.44. The fraction of sp³-hybridized carbons (Fsp3) is 0.105. The summed E-state index contributed by atoms with van der Waals surface area (Å²) >= 11 is 0. The van der Waals surface area contributed by atoms with E-state index in [2.05, 4.69) is 17.1 Å². The molecule has 1 N–H and O–H groups in total. The monoisotopic (exact) mass is 273 g/mol. The van der Waals surface area contributed by atoms with Gasteiger partial charge in [0.25, 0.3) is 0 Å². The van der Waals surface area contributed by atoms with Crippen molar-refractivity contribution in [1.82, 2.24) is 4.98 Å². The van der Waals surface area contributed by atoms with Gasteiger partial charge in [0.1, 0.15) is 5.60 Å². The Hall–Kier alpha value is -2.45. The molecule has 0 unspecified atom stereocenters. The predicted octanol–water partition coefficient (Wildman–Crippen LogP) is 3.27. The molecule has 2 nitrogen and oxygen atoms in total. The van der Waals surface area contributed by atoms with Crippen LogP contribution in [0.4, 0.5) is 0 Å². The van der Waals surface area contributed by atoms with Crippen molar-refractivity contribution in [3.8, 4) is 0 Å². The largest absolute Gasteiger partial charge is 0.376 e. The summed E-state index contributed by atoms with van der Waals surface area (Å²) in [5, 5.41) is 11.6. The Morgan fingerprint density at radius 1 is 0.810 bits per heavy atom. The number of hydrogen-bond acceptors (Lipinski definition) is 2. The van der Waals surface area contributed by atoms with Crippen LogP contribution in [0.25, 0.3) is 0 Å². The number of aromatic nitrogens is 1. The Bertz CT molecular complexity index is 750. The van der Waals surface area contributed by atoms with E-state index in [1.807, 2.05) is 48.5 Å². The maximum Gasteiger partial charge on any atom is 0.142 e. The molecule has 1 aliphatic rings. The molecule has 21 heavy (non-hydrogen) atoms. The molecule has 1 aromatic heterocycles. The summed E-state index contributed by atoms with van der Waals surface area (Å²) in [7, 11) is 0. The van der Waals surface area contributed by atoms with E-state index in [1.165, 1.54) is 11.1 Å². The molecule has 0 saturated heterocycles. The Balaban J connectivity index is 2.06. The molecule has 2 aromatic carbocycles. The van der Waals surface area contributed by atoms with Crippen molar-refractivity contribution < 1.29 is 5.11 Å². The number of pyridine rings is 1. The predicted molar refractivity (Wildman–Crippen MR) is 82.0 cm³/mol. The molecular formula is C19H15NO. The molecule has 0 amide bonds. The number of benzene rings is 2. The van der Waals surface area contributed by atoms with Crippen molar-refractivity contribution in [2.24, 2.45) is 0 Å². The van der Waals surface area contributed by atoms with Crippen molar-refractivity contribution in [3.63, 3.8) is 0 Å². The lowest BCUT2D eigenvalue weighted by Gasteiger charge is -2.36. The minimum Gasteiger partial charge on any atom is -0.376 e. The summed E-state index contributed by atoms with van der Waals surface area (Å²) in [6.07, 6.45) is 4.33. The van der Waals surface area contributed by atoms with Gasteiger partial charge >= 0.3 is 0 Å². The third kappa shape index (κ3) is 1.73. The highest BCUT2D eigenvalue weighted by Crippen LogP contribution is 2.43.